The summed E-state index contributed by atoms with van der Waals surface area (Å²) in [6.07, 6.45) is 1.57. The summed E-state index contributed by atoms with van der Waals surface area (Å²) in [6, 6.07) is 12.9. The number of aromatic hydroxyl groups is 1. The van der Waals surface area contributed by atoms with E-state index in [1.165, 1.54) is 0 Å². The van der Waals surface area contributed by atoms with Crippen molar-refractivity contribution >= 4 is 16.9 Å². The normalized spacial score (nSPS) is 16.4. The van der Waals surface area contributed by atoms with Gasteiger partial charge in [-0.25, -0.2) is 5.10 Å². The largest absolute Gasteiger partial charge is 0.507 e. The molecule has 0 radical (unpaired) electrons. The number of aliphatic carboxylic acids is 1. The molecule has 34 heavy (non-hydrogen) atoms. The summed E-state index contributed by atoms with van der Waals surface area (Å²) >= 11 is 0. The lowest BCUT2D eigenvalue weighted by atomic mass is 10.0. The van der Waals surface area contributed by atoms with Gasteiger partial charge in [-0.15, -0.1) is 0 Å². The average molecular weight is 459 g/mol. The van der Waals surface area contributed by atoms with Crippen LogP contribution in [0, 0.1) is 13.8 Å². The van der Waals surface area contributed by atoms with Gasteiger partial charge in [0, 0.05) is 23.0 Å². The highest BCUT2D eigenvalue weighted by Gasteiger charge is 2.30. The number of hydrogen-bond acceptors (Lipinski definition) is 5. The number of rotatable bonds is 5. The molecule has 5 rings (SSSR count). The Morgan fingerprint density at radius 2 is 1.91 bits per heavy atom. The first kappa shape index (κ1) is 21.9. The van der Waals surface area contributed by atoms with Gasteiger partial charge in [0.25, 0.3) is 5.56 Å². The van der Waals surface area contributed by atoms with Gasteiger partial charge < -0.3 is 15.2 Å². The molecule has 1 aliphatic rings. The van der Waals surface area contributed by atoms with Gasteiger partial charge in [0.15, 0.2) is 0 Å². The lowest BCUT2D eigenvalue weighted by molar-refractivity contribution is -0.142. The number of benzene rings is 2. The zero-order chi connectivity index (χ0) is 24.0. The van der Waals surface area contributed by atoms with Crippen LogP contribution in [-0.4, -0.2) is 48.9 Å². The number of carboxylic acid groups (broad SMARTS) is 1. The number of likely N-dealkylation sites (tertiary alicyclic amines) is 1. The highest BCUT2D eigenvalue weighted by atomic mass is 16.4. The van der Waals surface area contributed by atoms with Crippen molar-refractivity contribution in [3.8, 4) is 28.3 Å². The fraction of sp³-hybridized carbons (Fsp3) is 0.269. The summed E-state index contributed by atoms with van der Waals surface area (Å²) in [5.74, 6) is -0.518. The van der Waals surface area contributed by atoms with Crippen LogP contribution in [0.15, 0.2) is 47.3 Å². The second kappa shape index (κ2) is 8.46. The van der Waals surface area contributed by atoms with E-state index in [1.807, 2.05) is 55.1 Å². The first-order valence-electron chi connectivity index (χ1n) is 11.3. The van der Waals surface area contributed by atoms with Crippen LogP contribution in [0.4, 0.5) is 0 Å². The second-order valence-electron chi connectivity index (χ2n) is 9.03. The molecule has 3 heterocycles. The smallest absolute Gasteiger partial charge is 0.320 e. The summed E-state index contributed by atoms with van der Waals surface area (Å²) in [6.45, 7) is 5.00. The number of nitrogens with zero attached hydrogens (tertiary/aromatic N) is 2. The number of nitrogens with one attached hydrogen (secondary N) is 2. The third-order valence-corrected chi connectivity index (χ3v) is 6.60. The molecule has 8 heteroatoms. The molecule has 2 aromatic carbocycles. The summed E-state index contributed by atoms with van der Waals surface area (Å²) in [4.78, 5) is 29.5. The van der Waals surface area contributed by atoms with Crippen LogP contribution in [0.25, 0.3) is 33.4 Å². The third-order valence-electron chi connectivity index (χ3n) is 6.60. The van der Waals surface area contributed by atoms with Gasteiger partial charge >= 0.3 is 5.97 Å². The van der Waals surface area contributed by atoms with Crippen LogP contribution in [0.2, 0.25) is 0 Å². The number of phenols is 1. The minimum atomic E-state index is -0.771. The number of aromatic amines is 2. The molecule has 0 saturated carbocycles. The molecule has 174 valence electrons. The predicted molar refractivity (Wildman–Crippen MR) is 130 cm³/mol. The van der Waals surface area contributed by atoms with Crippen molar-refractivity contribution in [1.82, 2.24) is 20.1 Å². The van der Waals surface area contributed by atoms with E-state index in [0.29, 0.717) is 29.9 Å². The number of H-pyrrole nitrogens is 2. The molecule has 0 amide bonds. The molecule has 1 saturated heterocycles. The van der Waals surface area contributed by atoms with Crippen molar-refractivity contribution in [3.05, 3.63) is 69.5 Å². The van der Waals surface area contributed by atoms with E-state index in [2.05, 4.69) is 15.2 Å². The first-order chi connectivity index (χ1) is 16.3. The number of hydrogen-bond donors (Lipinski definition) is 4. The Kier molecular flexibility index (Phi) is 5.45. The van der Waals surface area contributed by atoms with Crippen LogP contribution < -0.4 is 5.56 Å². The van der Waals surface area contributed by atoms with Gasteiger partial charge in [0.05, 0.1) is 17.0 Å². The van der Waals surface area contributed by atoms with Gasteiger partial charge in [-0.2, -0.15) is 5.10 Å². The second-order valence-corrected chi connectivity index (χ2v) is 9.03. The SMILES string of the molecule is Cc1cc(-c2cc(-c3cc4ccc(CN5CCC[C@H]5C(=O)O)cc4[nH]3)c(=O)[nH]n2)cc(C)c1O. The first-order valence-corrected chi connectivity index (χ1v) is 11.3. The molecule has 0 bridgehead atoms. The lowest BCUT2D eigenvalue weighted by Crippen LogP contribution is -2.35. The Morgan fingerprint density at radius 1 is 1.15 bits per heavy atom. The van der Waals surface area contributed by atoms with E-state index in [0.717, 1.165) is 46.1 Å². The van der Waals surface area contributed by atoms with E-state index < -0.39 is 12.0 Å². The fourth-order valence-corrected chi connectivity index (χ4v) is 4.80. The van der Waals surface area contributed by atoms with E-state index >= 15 is 0 Å². The fourth-order valence-electron chi connectivity index (χ4n) is 4.80. The molecule has 2 aromatic heterocycles. The molecule has 4 aromatic rings. The molecule has 4 N–H and O–H groups in total. The number of aryl methyl sites for hydroxylation is 2. The van der Waals surface area contributed by atoms with Gasteiger partial charge in [-0.1, -0.05) is 12.1 Å². The maximum absolute atomic E-state index is 12.6. The molecule has 1 atom stereocenters. The number of carboxylic acids is 1. The van der Waals surface area contributed by atoms with Gasteiger partial charge in [-0.05, 0) is 80.3 Å². The minimum Gasteiger partial charge on any atom is -0.507 e. The Labute approximate surface area is 195 Å². The standard InChI is InChI=1S/C26H26N4O4/c1-14-8-18(9-15(2)24(14)31)21-12-19(25(32)29-28-21)22-11-17-6-5-16(10-20(17)27-22)13-30-7-3-4-23(30)26(33)34/h5-6,8-12,23,27,31H,3-4,7,13H2,1-2H3,(H,29,32)(H,33,34)/t23-/m0/s1. The monoisotopic (exact) mass is 458 g/mol. The molecule has 0 spiro atoms. The van der Waals surface area contributed by atoms with Crippen molar-refractivity contribution < 1.29 is 15.0 Å². The van der Waals surface area contributed by atoms with E-state index in [-0.39, 0.29) is 11.3 Å². The Bertz CT molecular complexity index is 1450. The van der Waals surface area contributed by atoms with Gasteiger partial charge in [-0.3, -0.25) is 14.5 Å². The number of carbonyl (C=O) groups is 1. The van der Waals surface area contributed by atoms with Crippen molar-refractivity contribution in [3.63, 3.8) is 0 Å². The molecule has 1 aliphatic heterocycles. The van der Waals surface area contributed by atoms with Crippen molar-refractivity contribution in [2.75, 3.05) is 6.54 Å². The number of fused-ring (bicyclic) bond motifs is 1. The Balaban J connectivity index is 1.48. The molecule has 8 nitrogen and oxygen atoms in total. The third kappa shape index (κ3) is 3.97. The number of phenolic OH excluding ortho intramolecular Hbond substituents is 1. The van der Waals surface area contributed by atoms with Crippen LogP contribution in [0.3, 0.4) is 0 Å². The topological polar surface area (TPSA) is 122 Å². The molecular weight excluding hydrogens is 432 g/mol. The van der Waals surface area contributed by atoms with Crippen molar-refractivity contribution in [1.29, 1.82) is 0 Å². The Morgan fingerprint density at radius 3 is 2.65 bits per heavy atom. The molecule has 0 aliphatic carbocycles. The van der Waals surface area contributed by atoms with Gasteiger partial charge in [0.1, 0.15) is 11.8 Å². The van der Waals surface area contributed by atoms with E-state index in [1.54, 1.807) is 6.07 Å². The van der Waals surface area contributed by atoms with Crippen LogP contribution in [0.1, 0.15) is 29.5 Å². The summed E-state index contributed by atoms with van der Waals surface area (Å²) in [5, 5.41) is 27.3. The van der Waals surface area contributed by atoms with Crippen molar-refractivity contribution in [2.24, 2.45) is 0 Å². The predicted octanol–water partition coefficient (Wildman–Crippen LogP) is 3.96. The van der Waals surface area contributed by atoms with Crippen LogP contribution in [0.5, 0.6) is 5.75 Å². The van der Waals surface area contributed by atoms with Crippen LogP contribution >= 0.6 is 0 Å². The van der Waals surface area contributed by atoms with E-state index in [4.69, 9.17) is 0 Å². The summed E-state index contributed by atoms with van der Waals surface area (Å²) < 4.78 is 0. The highest BCUT2D eigenvalue weighted by molar-refractivity contribution is 5.86. The molecule has 0 unspecified atom stereocenters. The molecular formula is C26H26N4O4. The van der Waals surface area contributed by atoms with Crippen LogP contribution in [-0.2, 0) is 11.3 Å². The average Bonchev–Trinajstić information content (AvgIpc) is 3.44. The summed E-state index contributed by atoms with van der Waals surface area (Å²) in [7, 11) is 0. The maximum Gasteiger partial charge on any atom is 0.320 e. The maximum atomic E-state index is 12.6. The van der Waals surface area contributed by atoms with Gasteiger partial charge in [0.2, 0.25) is 0 Å². The molecule has 1 fully saturated rings. The quantitative estimate of drug-likeness (QED) is 0.359. The zero-order valence-corrected chi connectivity index (χ0v) is 19.1. The highest BCUT2D eigenvalue weighted by Crippen LogP contribution is 2.30. The van der Waals surface area contributed by atoms with Crippen molar-refractivity contribution in [2.45, 2.75) is 39.3 Å². The summed E-state index contributed by atoms with van der Waals surface area (Å²) in [5.41, 5.74) is 5.64. The Hall–Kier alpha value is -3.91. The van der Waals surface area contributed by atoms with E-state index in [9.17, 15) is 19.8 Å². The number of aromatic nitrogens is 3. The minimum absolute atomic E-state index is 0.253. The lowest BCUT2D eigenvalue weighted by Gasteiger charge is -2.20. The zero-order valence-electron chi connectivity index (χ0n) is 19.1.